The molecule has 7 nitrogen and oxygen atoms in total. The lowest BCUT2D eigenvalue weighted by molar-refractivity contribution is -0.141. The van der Waals surface area contributed by atoms with Crippen LogP contribution in [0.25, 0.3) is 0 Å². The summed E-state index contributed by atoms with van der Waals surface area (Å²) in [6, 6.07) is -0.279. The zero-order valence-electron chi connectivity index (χ0n) is 9.52. The molecule has 0 saturated carbocycles. The van der Waals surface area contributed by atoms with E-state index in [2.05, 4.69) is 5.32 Å². The predicted octanol–water partition coefficient (Wildman–Crippen LogP) is -0.632. The number of nitrogens with zero attached hydrogens (tertiary/aromatic N) is 1. The van der Waals surface area contributed by atoms with Crippen molar-refractivity contribution in [1.82, 2.24) is 10.2 Å². The molecule has 1 fully saturated rings. The SMILES string of the molecule is NC(=O)CCCNC(=O)N1CCC(C(=O)O)C1. The van der Waals surface area contributed by atoms with Gasteiger partial charge in [0.25, 0.3) is 0 Å². The van der Waals surface area contributed by atoms with Crippen molar-refractivity contribution >= 4 is 17.9 Å². The van der Waals surface area contributed by atoms with Gasteiger partial charge in [-0.15, -0.1) is 0 Å². The van der Waals surface area contributed by atoms with Gasteiger partial charge < -0.3 is 21.1 Å². The van der Waals surface area contributed by atoms with Gasteiger partial charge in [0.05, 0.1) is 5.92 Å². The van der Waals surface area contributed by atoms with E-state index in [1.165, 1.54) is 4.90 Å². The number of nitrogens with two attached hydrogens (primary N) is 1. The van der Waals surface area contributed by atoms with Crippen molar-refractivity contribution in [3.05, 3.63) is 0 Å². The van der Waals surface area contributed by atoms with Crippen LogP contribution in [0.1, 0.15) is 19.3 Å². The maximum atomic E-state index is 11.6. The van der Waals surface area contributed by atoms with Crippen molar-refractivity contribution in [2.45, 2.75) is 19.3 Å². The van der Waals surface area contributed by atoms with E-state index in [0.717, 1.165) is 0 Å². The Hall–Kier alpha value is -1.79. The van der Waals surface area contributed by atoms with Crippen LogP contribution in [0.15, 0.2) is 0 Å². The first kappa shape index (κ1) is 13.3. The van der Waals surface area contributed by atoms with E-state index in [1.807, 2.05) is 0 Å². The quantitative estimate of drug-likeness (QED) is 0.558. The molecule has 1 atom stereocenters. The Morgan fingerprint density at radius 2 is 2.12 bits per heavy atom. The fourth-order valence-corrected chi connectivity index (χ4v) is 1.72. The molecule has 1 heterocycles. The molecule has 17 heavy (non-hydrogen) atoms. The van der Waals surface area contributed by atoms with Gasteiger partial charge >= 0.3 is 12.0 Å². The fourth-order valence-electron chi connectivity index (χ4n) is 1.72. The van der Waals surface area contributed by atoms with Crippen molar-refractivity contribution in [2.24, 2.45) is 11.7 Å². The first-order chi connectivity index (χ1) is 8.00. The largest absolute Gasteiger partial charge is 0.481 e. The Kier molecular flexibility index (Phi) is 4.74. The fraction of sp³-hybridized carbons (Fsp3) is 0.700. The number of amides is 3. The van der Waals surface area contributed by atoms with E-state index >= 15 is 0 Å². The summed E-state index contributed by atoms with van der Waals surface area (Å²) < 4.78 is 0. The molecule has 1 unspecified atom stereocenters. The van der Waals surface area contributed by atoms with Crippen LogP contribution < -0.4 is 11.1 Å². The third-order valence-corrected chi connectivity index (χ3v) is 2.70. The normalized spacial score (nSPS) is 19.1. The van der Waals surface area contributed by atoms with Gasteiger partial charge in [-0.3, -0.25) is 9.59 Å². The molecule has 0 spiro atoms. The number of aliphatic carboxylic acids is 1. The Balaban J connectivity index is 2.21. The van der Waals surface area contributed by atoms with Crippen LogP contribution in [0, 0.1) is 5.92 Å². The van der Waals surface area contributed by atoms with Crippen molar-refractivity contribution in [3.63, 3.8) is 0 Å². The van der Waals surface area contributed by atoms with Gasteiger partial charge in [-0.2, -0.15) is 0 Å². The molecule has 7 heteroatoms. The highest BCUT2D eigenvalue weighted by molar-refractivity contribution is 5.77. The summed E-state index contributed by atoms with van der Waals surface area (Å²) in [5, 5.41) is 11.4. The van der Waals surface area contributed by atoms with Crippen LogP contribution in [0.4, 0.5) is 4.79 Å². The summed E-state index contributed by atoms with van der Waals surface area (Å²) in [4.78, 5) is 34.2. The summed E-state index contributed by atoms with van der Waals surface area (Å²) in [7, 11) is 0. The van der Waals surface area contributed by atoms with Gasteiger partial charge in [-0.1, -0.05) is 0 Å². The minimum Gasteiger partial charge on any atom is -0.481 e. The lowest BCUT2D eigenvalue weighted by atomic mass is 10.1. The molecule has 0 aromatic carbocycles. The predicted molar refractivity (Wildman–Crippen MR) is 59.1 cm³/mol. The Bertz CT molecular complexity index is 319. The molecule has 3 amide bonds. The number of carbonyl (C=O) groups excluding carboxylic acids is 2. The third-order valence-electron chi connectivity index (χ3n) is 2.70. The first-order valence-corrected chi connectivity index (χ1v) is 5.54. The minimum atomic E-state index is -0.867. The Labute approximate surface area is 98.9 Å². The topological polar surface area (TPSA) is 113 Å². The van der Waals surface area contributed by atoms with Gasteiger partial charge in [0, 0.05) is 26.1 Å². The van der Waals surface area contributed by atoms with Crippen LogP contribution in [-0.2, 0) is 9.59 Å². The number of urea groups is 1. The van der Waals surface area contributed by atoms with Crippen LogP contribution in [0.2, 0.25) is 0 Å². The molecular formula is C10H17N3O4. The molecule has 0 radical (unpaired) electrons. The molecule has 0 aliphatic carbocycles. The summed E-state index contributed by atoms with van der Waals surface area (Å²) in [5.74, 6) is -1.73. The van der Waals surface area contributed by atoms with Crippen molar-refractivity contribution < 1.29 is 19.5 Å². The van der Waals surface area contributed by atoms with Gasteiger partial charge in [0.1, 0.15) is 0 Å². The second-order valence-electron chi connectivity index (χ2n) is 4.07. The third kappa shape index (κ3) is 4.29. The zero-order valence-corrected chi connectivity index (χ0v) is 9.52. The zero-order chi connectivity index (χ0) is 12.8. The van der Waals surface area contributed by atoms with Crippen LogP contribution >= 0.6 is 0 Å². The molecule has 0 bridgehead atoms. The van der Waals surface area contributed by atoms with Gasteiger partial charge in [0.2, 0.25) is 5.91 Å². The van der Waals surface area contributed by atoms with Crippen molar-refractivity contribution in [3.8, 4) is 0 Å². The van der Waals surface area contributed by atoms with E-state index in [4.69, 9.17) is 10.8 Å². The number of carboxylic acids is 1. The number of carboxylic acid groups (broad SMARTS) is 1. The van der Waals surface area contributed by atoms with E-state index in [1.54, 1.807) is 0 Å². The number of hydrogen-bond acceptors (Lipinski definition) is 3. The lowest BCUT2D eigenvalue weighted by Gasteiger charge is -2.16. The molecule has 96 valence electrons. The number of carbonyl (C=O) groups is 3. The number of likely N-dealkylation sites (tertiary alicyclic amines) is 1. The first-order valence-electron chi connectivity index (χ1n) is 5.54. The van der Waals surface area contributed by atoms with Crippen LogP contribution in [0.3, 0.4) is 0 Å². The summed E-state index contributed by atoms with van der Waals surface area (Å²) in [6.45, 7) is 1.08. The Morgan fingerprint density at radius 3 is 2.65 bits per heavy atom. The van der Waals surface area contributed by atoms with Gasteiger partial charge in [0.15, 0.2) is 0 Å². The van der Waals surface area contributed by atoms with Crippen molar-refractivity contribution in [1.29, 1.82) is 0 Å². The molecule has 1 rings (SSSR count). The molecule has 0 aromatic rings. The molecule has 1 aliphatic rings. The Morgan fingerprint density at radius 1 is 1.41 bits per heavy atom. The average molecular weight is 243 g/mol. The molecule has 4 N–H and O–H groups in total. The van der Waals surface area contributed by atoms with Gasteiger partial charge in [-0.05, 0) is 12.8 Å². The summed E-state index contributed by atoms with van der Waals surface area (Å²) in [6.07, 6.45) is 1.22. The highest BCUT2D eigenvalue weighted by Crippen LogP contribution is 2.15. The van der Waals surface area contributed by atoms with E-state index < -0.39 is 17.8 Å². The second-order valence-corrected chi connectivity index (χ2v) is 4.07. The maximum Gasteiger partial charge on any atom is 0.317 e. The van der Waals surface area contributed by atoms with Crippen molar-refractivity contribution in [2.75, 3.05) is 19.6 Å². The average Bonchev–Trinajstić information content (AvgIpc) is 2.73. The molecule has 1 saturated heterocycles. The minimum absolute atomic E-state index is 0.234. The summed E-state index contributed by atoms with van der Waals surface area (Å²) >= 11 is 0. The number of primary amides is 1. The number of rotatable bonds is 5. The van der Waals surface area contributed by atoms with E-state index in [0.29, 0.717) is 25.9 Å². The molecular weight excluding hydrogens is 226 g/mol. The van der Waals surface area contributed by atoms with E-state index in [-0.39, 0.29) is 19.0 Å². The number of hydrogen-bond donors (Lipinski definition) is 3. The monoisotopic (exact) mass is 243 g/mol. The smallest absolute Gasteiger partial charge is 0.317 e. The van der Waals surface area contributed by atoms with Crippen LogP contribution in [-0.4, -0.2) is 47.5 Å². The van der Waals surface area contributed by atoms with Gasteiger partial charge in [-0.25, -0.2) is 4.79 Å². The lowest BCUT2D eigenvalue weighted by Crippen LogP contribution is -2.39. The van der Waals surface area contributed by atoms with E-state index in [9.17, 15) is 14.4 Å². The highest BCUT2D eigenvalue weighted by Gasteiger charge is 2.30. The maximum absolute atomic E-state index is 11.6. The summed E-state index contributed by atoms with van der Waals surface area (Å²) in [5.41, 5.74) is 4.96. The molecule has 1 aliphatic heterocycles. The second kappa shape index (κ2) is 6.07. The molecule has 0 aromatic heterocycles. The highest BCUT2D eigenvalue weighted by atomic mass is 16.4. The van der Waals surface area contributed by atoms with Crippen LogP contribution in [0.5, 0.6) is 0 Å². The number of nitrogens with one attached hydrogen (secondary N) is 1. The standard InChI is InChI=1S/C10H17N3O4/c11-8(14)2-1-4-12-10(17)13-5-3-7(6-13)9(15)16/h7H,1-6H2,(H2,11,14)(H,12,17)(H,15,16).